The number of Topliss-reactive ketones (excluding diaryl/α,β-unsaturated/α-hetero) is 1. The highest BCUT2D eigenvalue weighted by molar-refractivity contribution is 5.96. The van der Waals surface area contributed by atoms with Gasteiger partial charge >= 0.3 is 5.97 Å². The summed E-state index contributed by atoms with van der Waals surface area (Å²) in [4.78, 5) is 25.4. The van der Waals surface area contributed by atoms with E-state index in [1.807, 2.05) is 54.6 Å². The minimum absolute atomic E-state index is 0.0271. The van der Waals surface area contributed by atoms with Crippen molar-refractivity contribution in [2.24, 2.45) is 0 Å². The van der Waals surface area contributed by atoms with E-state index in [2.05, 4.69) is 19.9 Å². The number of ketones is 1. The van der Waals surface area contributed by atoms with Gasteiger partial charge in [0.1, 0.15) is 11.9 Å². The van der Waals surface area contributed by atoms with Crippen LogP contribution in [0, 0.1) is 0 Å². The van der Waals surface area contributed by atoms with Gasteiger partial charge in [0.15, 0.2) is 0 Å². The van der Waals surface area contributed by atoms with Gasteiger partial charge in [-0.2, -0.15) is 0 Å². The number of esters is 1. The maximum atomic E-state index is 12.9. The molecule has 0 spiro atoms. The summed E-state index contributed by atoms with van der Waals surface area (Å²) in [6, 6.07) is 21.5. The van der Waals surface area contributed by atoms with Crippen LogP contribution in [-0.2, 0) is 14.9 Å². The quantitative estimate of drug-likeness (QED) is 0.577. The summed E-state index contributed by atoms with van der Waals surface area (Å²) in [5.74, 6) is -0.773. The van der Waals surface area contributed by atoms with Gasteiger partial charge in [0.25, 0.3) is 0 Å². The molecule has 4 rings (SSSR count). The molecule has 0 saturated heterocycles. The average Bonchev–Trinajstić information content (AvgIpc) is 2.67. The fourth-order valence-electron chi connectivity index (χ4n) is 4.43. The Bertz CT molecular complexity index is 1060. The second-order valence-electron chi connectivity index (χ2n) is 8.27. The number of ether oxygens (including phenoxy) is 1. The molecule has 3 aromatic carbocycles. The smallest absolute Gasteiger partial charge is 0.338 e. The molecular formula is C25H24O3. The van der Waals surface area contributed by atoms with E-state index < -0.39 is 12.0 Å². The molecule has 2 atom stereocenters. The summed E-state index contributed by atoms with van der Waals surface area (Å²) in [6.07, 6.45) is 0.148. The predicted octanol–water partition coefficient (Wildman–Crippen LogP) is 5.42. The Balaban J connectivity index is 1.67. The summed E-state index contributed by atoms with van der Waals surface area (Å²) in [7, 11) is 0. The number of fused-ring (bicyclic) bond motifs is 2. The first-order valence-corrected chi connectivity index (χ1v) is 9.66. The first-order chi connectivity index (χ1) is 13.4. The minimum atomic E-state index is -0.471. The lowest BCUT2D eigenvalue weighted by Crippen LogP contribution is -2.41. The topological polar surface area (TPSA) is 43.4 Å². The van der Waals surface area contributed by atoms with E-state index in [1.54, 1.807) is 13.0 Å². The van der Waals surface area contributed by atoms with Crippen LogP contribution in [0.3, 0.4) is 0 Å². The number of hydrogen-bond acceptors (Lipinski definition) is 3. The Morgan fingerprint density at radius 2 is 1.61 bits per heavy atom. The van der Waals surface area contributed by atoms with Gasteiger partial charge in [0.2, 0.25) is 0 Å². The Labute approximate surface area is 165 Å². The Kier molecular flexibility index (Phi) is 4.54. The SMILES string of the molecule is CC(=O)C1c2ccccc2C(C)(C)CC1OC(=O)c1ccc2ccccc2c1. The normalized spacial score (nSPS) is 20.4. The first-order valence-electron chi connectivity index (χ1n) is 9.66. The average molecular weight is 372 g/mol. The van der Waals surface area contributed by atoms with E-state index >= 15 is 0 Å². The highest BCUT2D eigenvalue weighted by Crippen LogP contribution is 2.44. The van der Waals surface area contributed by atoms with Gasteiger partial charge < -0.3 is 4.74 Å². The molecule has 0 saturated carbocycles. The molecule has 3 nitrogen and oxygen atoms in total. The molecule has 3 heteroatoms. The molecule has 0 radical (unpaired) electrons. The fourth-order valence-corrected chi connectivity index (χ4v) is 4.43. The molecule has 28 heavy (non-hydrogen) atoms. The Hall–Kier alpha value is -2.94. The van der Waals surface area contributed by atoms with Gasteiger partial charge in [0, 0.05) is 0 Å². The fraction of sp³-hybridized carbons (Fsp3) is 0.280. The molecule has 0 amide bonds. The monoisotopic (exact) mass is 372 g/mol. The van der Waals surface area contributed by atoms with Crippen molar-refractivity contribution in [3.63, 3.8) is 0 Å². The van der Waals surface area contributed by atoms with Crippen molar-refractivity contribution < 1.29 is 14.3 Å². The van der Waals surface area contributed by atoms with Crippen molar-refractivity contribution in [2.75, 3.05) is 0 Å². The van der Waals surface area contributed by atoms with E-state index in [4.69, 9.17) is 4.74 Å². The Morgan fingerprint density at radius 3 is 2.36 bits per heavy atom. The molecule has 3 aromatic rings. The molecule has 1 aliphatic rings. The molecule has 2 unspecified atom stereocenters. The van der Waals surface area contributed by atoms with Crippen molar-refractivity contribution in [1.82, 2.24) is 0 Å². The zero-order valence-corrected chi connectivity index (χ0v) is 16.4. The molecule has 0 aliphatic heterocycles. The van der Waals surface area contributed by atoms with Crippen LogP contribution < -0.4 is 0 Å². The number of rotatable bonds is 3. The lowest BCUT2D eigenvalue weighted by molar-refractivity contribution is -0.121. The maximum Gasteiger partial charge on any atom is 0.338 e. The molecule has 142 valence electrons. The third-order valence-corrected chi connectivity index (χ3v) is 5.79. The molecular weight excluding hydrogens is 348 g/mol. The van der Waals surface area contributed by atoms with Gasteiger partial charge in [0.05, 0.1) is 11.5 Å². The van der Waals surface area contributed by atoms with Crippen LogP contribution in [0.4, 0.5) is 0 Å². The van der Waals surface area contributed by atoms with Crippen LogP contribution in [-0.4, -0.2) is 17.9 Å². The van der Waals surface area contributed by atoms with Crippen molar-refractivity contribution in [3.8, 4) is 0 Å². The second-order valence-corrected chi connectivity index (χ2v) is 8.27. The van der Waals surface area contributed by atoms with E-state index in [9.17, 15) is 9.59 Å². The summed E-state index contributed by atoms with van der Waals surface area (Å²) < 4.78 is 5.93. The summed E-state index contributed by atoms with van der Waals surface area (Å²) in [5.41, 5.74) is 2.48. The zero-order chi connectivity index (χ0) is 19.9. The minimum Gasteiger partial charge on any atom is -0.458 e. The zero-order valence-electron chi connectivity index (χ0n) is 16.4. The third-order valence-electron chi connectivity index (χ3n) is 5.79. The molecule has 0 aromatic heterocycles. The number of hydrogen-bond donors (Lipinski definition) is 0. The van der Waals surface area contributed by atoms with Crippen LogP contribution in [0.2, 0.25) is 0 Å². The highest BCUT2D eigenvalue weighted by atomic mass is 16.5. The highest BCUT2D eigenvalue weighted by Gasteiger charge is 2.43. The van der Waals surface area contributed by atoms with Crippen molar-refractivity contribution in [3.05, 3.63) is 83.4 Å². The largest absolute Gasteiger partial charge is 0.458 e. The van der Waals surface area contributed by atoms with E-state index in [0.29, 0.717) is 12.0 Å². The molecule has 1 aliphatic carbocycles. The number of carbonyl (C=O) groups excluding carboxylic acids is 2. The Morgan fingerprint density at radius 1 is 0.929 bits per heavy atom. The molecule has 0 bridgehead atoms. The first kappa shape index (κ1) is 18.4. The van der Waals surface area contributed by atoms with Crippen LogP contribution in [0.1, 0.15) is 54.6 Å². The van der Waals surface area contributed by atoms with Crippen LogP contribution >= 0.6 is 0 Å². The van der Waals surface area contributed by atoms with E-state index in [1.165, 1.54) is 0 Å². The number of benzene rings is 3. The molecule has 0 N–H and O–H groups in total. The van der Waals surface area contributed by atoms with Gasteiger partial charge in [-0.3, -0.25) is 4.79 Å². The third kappa shape index (κ3) is 3.22. The standard InChI is InChI=1S/C25H24O3/c1-16(26)23-20-10-6-7-11-21(20)25(2,3)15-22(23)28-24(27)19-13-12-17-8-4-5-9-18(17)14-19/h4-14,22-23H,15H2,1-3H3. The van der Waals surface area contributed by atoms with Crippen molar-refractivity contribution in [2.45, 2.75) is 44.6 Å². The molecule has 0 heterocycles. The van der Waals surface area contributed by atoms with Crippen LogP contribution in [0.15, 0.2) is 66.7 Å². The van der Waals surface area contributed by atoms with Crippen molar-refractivity contribution >= 4 is 22.5 Å². The second kappa shape index (κ2) is 6.90. The predicted molar refractivity (Wildman–Crippen MR) is 111 cm³/mol. The summed E-state index contributed by atoms with van der Waals surface area (Å²) in [6.45, 7) is 5.86. The lowest BCUT2D eigenvalue weighted by Gasteiger charge is -2.41. The summed E-state index contributed by atoms with van der Waals surface area (Å²) in [5, 5.41) is 2.07. The van der Waals surface area contributed by atoms with Gasteiger partial charge in [-0.25, -0.2) is 4.79 Å². The van der Waals surface area contributed by atoms with Crippen LogP contribution in [0.25, 0.3) is 10.8 Å². The van der Waals surface area contributed by atoms with E-state index in [0.717, 1.165) is 21.9 Å². The maximum absolute atomic E-state index is 12.9. The van der Waals surface area contributed by atoms with Crippen LogP contribution in [0.5, 0.6) is 0 Å². The van der Waals surface area contributed by atoms with Gasteiger partial charge in [-0.05, 0) is 52.8 Å². The van der Waals surface area contributed by atoms with Gasteiger partial charge in [-0.15, -0.1) is 0 Å². The molecule has 0 fully saturated rings. The van der Waals surface area contributed by atoms with Gasteiger partial charge in [-0.1, -0.05) is 68.4 Å². The summed E-state index contributed by atoms with van der Waals surface area (Å²) >= 11 is 0. The van der Waals surface area contributed by atoms with E-state index in [-0.39, 0.29) is 17.2 Å². The number of carbonyl (C=O) groups is 2. The van der Waals surface area contributed by atoms with Crippen molar-refractivity contribution in [1.29, 1.82) is 0 Å². The lowest BCUT2D eigenvalue weighted by atomic mass is 9.66.